The fourth-order valence-electron chi connectivity index (χ4n) is 2.55. The zero-order valence-corrected chi connectivity index (χ0v) is 17.8. The van der Waals surface area contributed by atoms with Crippen LogP contribution in [0.2, 0.25) is 5.02 Å². The van der Waals surface area contributed by atoms with Gasteiger partial charge < -0.3 is 9.47 Å². The molecule has 0 spiro atoms. The second kappa shape index (κ2) is 9.96. The molecule has 0 aliphatic carbocycles. The van der Waals surface area contributed by atoms with E-state index in [1.54, 1.807) is 17.0 Å². The minimum atomic E-state index is -0.0292. The smallest absolute Gasteiger partial charge is 0.266 e. The van der Waals surface area contributed by atoms with E-state index in [2.05, 4.69) is 0 Å². The molecule has 0 unspecified atom stereocenters. The Morgan fingerprint density at radius 2 is 1.61 bits per heavy atom. The van der Waals surface area contributed by atoms with Crippen molar-refractivity contribution in [3.05, 3.63) is 64.0 Å². The van der Waals surface area contributed by atoms with Crippen LogP contribution in [0.25, 0.3) is 6.08 Å². The van der Waals surface area contributed by atoms with Gasteiger partial charge in [0.25, 0.3) is 5.91 Å². The number of hydrogen-bond acceptors (Lipinski definition) is 5. The number of nitrogens with zero attached hydrogens (tertiary/aromatic N) is 1. The molecular formula is C21H20ClNO3S2. The summed E-state index contributed by atoms with van der Waals surface area (Å²) in [5, 5.41) is 0.691. The van der Waals surface area contributed by atoms with E-state index in [-0.39, 0.29) is 5.91 Å². The largest absolute Gasteiger partial charge is 0.493 e. The fraction of sp³-hybridized carbons (Fsp3) is 0.238. The van der Waals surface area contributed by atoms with E-state index < -0.39 is 0 Å². The number of thioether (sulfide) groups is 1. The molecule has 1 amide bonds. The Morgan fingerprint density at radius 3 is 2.14 bits per heavy atom. The highest BCUT2D eigenvalue weighted by molar-refractivity contribution is 8.26. The Labute approximate surface area is 179 Å². The lowest BCUT2D eigenvalue weighted by Crippen LogP contribution is -2.27. The van der Waals surface area contributed by atoms with Gasteiger partial charge in [0.1, 0.15) is 15.8 Å². The van der Waals surface area contributed by atoms with Gasteiger partial charge in [0, 0.05) is 18.0 Å². The van der Waals surface area contributed by atoms with Crippen molar-refractivity contribution in [1.29, 1.82) is 0 Å². The van der Waals surface area contributed by atoms with Gasteiger partial charge in [-0.3, -0.25) is 9.69 Å². The highest BCUT2D eigenvalue weighted by Crippen LogP contribution is 2.32. The average Bonchev–Trinajstić information content (AvgIpc) is 2.97. The summed E-state index contributed by atoms with van der Waals surface area (Å²) in [6.07, 6.45) is 2.63. The van der Waals surface area contributed by atoms with E-state index in [9.17, 15) is 4.79 Å². The van der Waals surface area contributed by atoms with E-state index in [1.807, 2.05) is 49.4 Å². The molecule has 1 aliphatic heterocycles. The van der Waals surface area contributed by atoms with Crippen LogP contribution in [-0.4, -0.2) is 34.9 Å². The van der Waals surface area contributed by atoms with Crippen molar-refractivity contribution in [2.45, 2.75) is 13.3 Å². The molecule has 2 aromatic rings. The monoisotopic (exact) mass is 433 g/mol. The SMILES string of the molecule is CCN1C(=O)C(=Cc2ccc(OCCCOc3ccc(Cl)cc3)cc2)SC1=S. The van der Waals surface area contributed by atoms with Crippen molar-refractivity contribution in [3.63, 3.8) is 0 Å². The highest BCUT2D eigenvalue weighted by atomic mass is 35.5. The van der Waals surface area contributed by atoms with Crippen LogP contribution in [-0.2, 0) is 4.79 Å². The first-order chi connectivity index (χ1) is 13.6. The summed E-state index contributed by atoms with van der Waals surface area (Å²) in [6, 6.07) is 14.9. The third-order valence-electron chi connectivity index (χ3n) is 4.01. The van der Waals surface area contributed by atoms with Crippen LogP contribution in [0.3, 0.4) is 0 Å². The van der Waals surface area contributed by atoms with E-state index in [1.165, 1.54) is 11.8 Å². The van der Waals surface area contributed by atoms with Gasteiger partial charge >= 0.3 is 0 Å². The molecule has 0 atom stereocenters. The van der Waals surface area contributed by atoms with Crippen molar-refractivity contribution in [2.75, 3.05) is 19.8 Å². The number of benzene rings is 2. The van der Waals surface area contributed by atoms with Crippen molar-refractivity contribution in [2.24, 2.45) is 0 Å². The first-order valence-electron chi connectivity index (χ1n) is 8.93. The summed E-state index contributed by atoms with van der Waals surface area (Å²) in [5.74, 6) is 1.55. The lowest BCUT2D eigenvalue weighted by molar-refractivity contribution is -0.121. The molecule has 1 fully saturated rings. The summed E-state index contributed by atoms with van der Waals surface area (Å²) in [7, 11) is 0. The van der Waals surface area contributed by atoms with E-state index >= 15 is 0 Å². The van der Waals surface area contributed by atoms with Crippen LogP contribution in [0.1, 0.15) is 18.9 Å². The van der Waals surface area contributed by atoms with Gasteiger partial charge in [-0.05, 0) is 55.0 Å². The van der Waals surface area contributed by atoms with Gasteiger partial charge in [-0.2, -0.15) is 0 Å². The van der Waals surface area contributed by atoms with Crippen LogP contribution in [0.5, 0.6) is 11.5 Å². The first kappa shape index (κ1) is 20.7. The lowest BCUT2D eigenvalue weighted by Gasteiger charge is -2.09. The molecule has 1 heterocycles. The molecule has 146 valence electrons. The second-order valence-electron chi connectivity index (χ2n) is 6.00. The number of carbonyl (C=O) groups is 1. The summed E-state index contributed by atoms with van der Waals surface area (Å²) < 4.78 is 12.0. The number of hydrogen-bond donors (Lipinski definition) is 0. The fourth-order valence-corrected chi connectivity index (χ4v) is 4.06. The quantitative estimate of drug-likeness (QED) is 0.316. The molecule has 3 rings (SSSR count). The molecule has 7 heteroatoms. The molecule has 4 nitrogen and oxygen atoms in total. The van der Waals surface area contributed by atoms with E-state index in [0.717, 1.165) is 23.5 Å². The summed E-state index contributed by atoms with van der Waals surface area (Å²) >= 11 is 12.4. The molecule has 2 aromatic carbocycles. The minimum Gasteiger partial charge on any atom is -0.493 e. The zero-order valence-electron chi connectivity index (χ0n) is 15.4. The Morgan fingerprint density at radius 1 is 1.04 bits per heavy atom. The predicted octanol–water partition coefficient (Wildman–Crippen LogP) is 5.41. The third-order valence-corrected chi connectivity index (χ3v) is 5.64. The second-order valence-corrected chi connectivity index (χ2v) is 8.11. The Hall–Kier alpha value is -2.02. The first-order valence-corrected chi connectivity index (χ1v) is 10.5. The maximum atomic E-state index is 12.2. The van der Waals surface area contributed by atoms with Crippen LogP contribution in [0.15, 0.2) is 53.4 Å². The van der Waals surface area contributed by atoms with Crippen molar-refractivity contribution in [1.82, 2.24) is 4.90 Å². The molecular weight excluding hydrogens is 414 g/mol. The van der Waals surface area contributed by atoms with Crippen molar-refractivity contribution in [3.8, 4) is 11.5 Å². The maximum Gasteiger partial charge on any atom is 0.266 e. The van der Waals surface area contributed by atoms with Crippen molar-refractivity contribution >= 4 is 51.9 Å². The standard InChI is InChI=1S/C21H20ClNO3S2/c1-2-23-20(24)19(28-21(23)27)14-15-4-8-17(9-5-15)25-12-3-13-26-18-10-6-16(22)7-11-18/h4-11,14H,2-3,12-13H2,1H3. The zero-order chi connectivity index (χ0) is 19.9. The molecule has 0 N–H and O–H groups in total. The van der Waals surface area contributed by atoms with Gasteiger partial charge in [-0.25, -0.2) is 0 Å². The predicted molar refractivity (Wildman–Crippen MR) is 119 cm³/mol. The molecule has 0 bridgehead atoms. The number of likely N-dealkylation sites (N-methyl/N-ethyl adjacent to an activating group) is 1. The van der Waals surface area contributed by atoms with Crippen LogP contribution >= 0.6 is 35.6 Å². The molecule has 1 aliphatic rings. The summed E-state index contributed by atoms with van der Waals surface area (Å²) in [5.41, 5.74) is 0.940. The number of halogens is 1. The van der Waals surface area contributed by atoms with Gasteiger partial charge in [0.2, 0.25) is 0 Å². The summed E-state index contributed by atoms with van der Waals surface area (Å²) in [4.78, 5) is 14.5. The maximum absolute atomic E-state index is 12.2. The molecule has 1 saturated heterocycles. The van der Waals surface area contributed by atoms with Crippen LogP contribution < -0.4 is 9.47 Å². The average molecular weight is 434 g/mol. The van der Waals surface area contributed by atoms with E-state index in [0.29, 0.717) is 34.0 Å². The van der Waals surface area contributed by atoms with Gasteiger partial charge in [0.05, 0.1) is 18.1 Å². The molecule has 28 heavy (non-hydrogen) atoms. The summed E-state index contributed by atoms with van der Waals surface area (Å²) in [6.45, 7) is 3.64. The Bertz CT molecular complexity index is 866. The Kier molecular flexibility index (Phi) is 7.36. The van der Waals surface area contributed by atoms with Crippen LogP contribution in [0, 0.1) is 0 Å². The normalized spacial score (nSPS) is 15.4. The Balaban J connectivity index is 1.44. The molecule has 0 radical (unpaired) electrons. The van der Waals surface area contributed by atoms with Gasteiger partial charge in [0.15, 0.2) is 0 Å². The van der Waals surface area contributed by atoms with Gasteiger partial charge in [-0.1, -0.05) is 47.7 Å². The topological polar surface area (TPSA) is 38.8 Å². The number of carbonyl (C=O) groups excluding carboxylic acids is 1. The number of rotatable bonds is 8. The van der Waals surface area contributed by atoms with Crippen molar-refractivity contribution < 1.29 is 14.3 Å². The number of ether oxygens (including phenoxy) is 2. The van der Waals surface area contributed by atoms with Gasteiger partial charge in [-0.15, -0.1) is 0 Å². The van der Waals surface area contributed by atoms with E-state index in [4.69, 9.17) is 33.3 Å². The molecule has 0 aromatic heterocycles. The van der Waals surface area contributed by atoms with Crippen LogP contribution in [0.4, 0.5) is 0 Å². The number of amides is 1. The molecule has 0 saturated carbocycles. The lowest BCUT2D eigenvalue weighted by atomic mass is 10.2. The minimum absolute atomic E-state index is 0.0292. The highest BCUT2D eigenvalue weighted by Gasteiger charge is 2.30. The third kappa shape index (κ3) is 5.50. The number of thiocarbonyl (C=S) groups is 1.